The lowest BCUT2D eigenvalue weighted by atomic mass is 10.2. The minimum atomic E-state index is -0.592. The van der Waals surface area contributed by atoms with Gasteiger partial charge in [-0.25, -0.2) is 4.98 Å². The van der Waals surface area contributed by atoms with Gasteiger partial charge in [-0.2, -0.15) is 0 Å². The molecule has 2 fully saturated rings. The zero-order valence-corrected chi connectivity index (χ0v) is 15.4. The van der Waals surface area contributed by atoms with Crippen LogP contribution in [0, 0.1) is 0 Å². The molecule has 4 rings (SSSR count). The highest BCUT2D eigenvalue weighted by Crippen LogP contribution is 2.25. The number of carbonyl (C=O) groups excluding carboxylic acids is 2. The summed E-state index contributed by atoms with van der Waals surface area (Å²) in [6, 6.07) is 5.11. The number of hydrogen-bond acceptors (Lipinski definition) is 6. The third-order valence-corrected chi connectivity index (χ3v) is 5.43. The molecule has 4 heterocycles. The Morgan fingerprint density at radius 3 is 2.81 bits per heavy atom. The Bertz CT molecular complexity index is 859. The number of amides is 1. The number of esters is 1. The third-order valence-electron chi connectivity index (χ3n) is 5.43. The van der Waals surface area contributed by atoms with E-state index in [1.807, 2.05) is 38.6 Å². The molecule has 0 saturated carbocycles. The number of aliphatic hydroxyl groups excluding tert-OH is 1. The van der Waals surface area contributed by atoms with Gasteiger partial charge in [0.2, 0.25) is 0 Å². The first-order valence-electron chi connectivity index (χ1n) is 9.33. The number of methoxy groups -OCH3 is 1. The van der Waals surface area contributed by atoms with Crippen molar-refractivity contribution in [3.63, 3.8) is 0 Å². The Kier molecular flexibility index (Phi) is 4.84. The molecule has 0 radical (unpaired) electrons. The third kappa shape index (κ3) is 3.30. The van der Waals surface area contributed by atoms with E-state index in [1.54, 1.807) is 0 Å². The molecule has 0 aliphatic carbocycles. The summed E-state index contributed by atoms with van der Waals surface area (Å²) in [7, 11) is 1.35. The number of ether oxygens (including phenoxy) is 1. The topological polar surface area (TPSA) is 87.4 Å². The van der Waals surface area contributed by atoms with Gasteiger partial charge in [0.1, 0.15) is 11.7 Å². The molecule has 27 heavy (non-hydrogen) atoms. The number of carbonyl (C=O) groups is 2. The van der Waals surface area contributed by atoms with Crippen LogP contribution < -0.4 is 0 Å². The quantitative estimate of drug-likeness (QED) is 0.794. The predicted molar refractivity (Wildman–Crippen MR) is 97.2 cm³/mol. The molecule has 8 heteroatoms. The van der Waals surface area contributed by atoms with E-state index in [1.165, 1.54) is 7.11 Å². The van der Waals surface area contributed by atoms with Gasteiger partial charge >= 0.3 is 5.97 Å². The number of hydrogen-bond donors (Lipinski definition) is 1. The molecular weight excluding hydrogens is 348 g/mol. The minimum Gasteiger partial charge on any atom is -0.468 e. The van der Waals surface area contributed by atoms with E-state index in [4.69, 9.17) is 4.74 Å². The molecule has 2 aliphatic rings. The molecule has 1 amide bonds. The number of likely N-dealkylation sites (tertiary alicyclic amines) is 2. The van der Waals surface area contributed by atoms with Crippen molar-refractivity contribution < 1.29 is 19.4 Å². The second kappa shape index (κ2) is 7.28. The van der Waals surface area contributed by atoms with Crippen LogP contribution >= 0.6 is 0 Å². The summed E-state index contributed by atoms with van der Waals surface area (Å²) in [5.74, 6) is -0.437. The number of fused-ring (bicyclic) bond motifs is 1. The molecule has 0 aromatic carbocycles. The largest absolute Gasteiger partial charge is 0.468 e. The number of imidazole rings is 1. The summed E-state index contributed by atoms with van der Waals surface area (Å²) in [5, 5.41) is 10.1. The second-order valence-electron chi connectivity index (χ2n) is 7.19. The highest BCUT2D eigenvalue weighted by molar-refractivity contribution is 5.94. The average Bonchev–Trinajstić information content (AvgIpc) is 3.40. The van der Waals surface area contributed by atoms with Crippen molar-refractivity contribution >= 4 is 17.5 Å². The van der Waals surface area contributed by atoms with E-state index in [-0.39, 0.29) is 11.9 Å². The van der Waals surface area contributed by atoms with Crippen molar-refractivity contribution in [2.45, 2.75) is 38.0 Å². The first kappa shape index (κ1) is 17.9. The first-order chi connectivity index (χ1) is 13.1. The van der Waals surface area contributed by atoms with Crippen molar-refractivity contribution in [1.82, 2.24) is 19.2 Å². The number of aromatic nitrogens is 2. The van der Waals surface area contributed by atoms with Crippen LogP contribution in [0.3, 0.4) is 0 Å². The lowest BCUT2D eigenvalue weighted by Crippen LogP contribution is -2.37. The summed E-state index contributed by atoms with van der Waals surface area (Å²) < 4.78 is 6.78. The van der Waals surface area contributed by atoms with Crippen molar-refractivity contribution in [1.29, 1.82) is 0 Å². The molecule has 2 aliphatic heterocycles. The molecule has 144 valence electrons. The number of rotatable bonds is 4. The lowest BCUT2D eigenvalue weighted by Gasteiger charge is -2.23. The molecule has 2 aromatic rings. The summed E-state index contributed by atoms with van der Waals surface area (Å²) in [6.07, 6.45) is 3.64. The van der Waals surface area contributed by atoms with Crippen LogP contribution in [-0.2, 0) is 16.1 Å². The van der Waals surface area contributed by atoms with Crippen LogP contribution in [0.15, 0.2) is 24.4 Å². The van der Waals surface area contributed by atoms with Crippen LogP contribution in [-0.4, -0.2) is 75.1 Å². The van der Waals surface area contributed by atoms with Gasteiger partial charge in [-0.15, -0.1) is 0 Å². The molecule has 2 saturated heterocycles. The maximum absolute atomic E-state index is 13.0. The Balaban J connectivity index is 1.70. The summed E-state index contributed by atoms with van der Waals surface area (Å²) in [4.78, 5) is 33.4. The van der Waals surface area contributed by atoms with Gasteiger partial charge < -0.3 is 19.1 Å². The van der Waals surface area contributed by atoms with Gasteiger partial charge in [-0.05, 0) is 25.0 Å². The normalized spacial score (nSPS) is 23.3. The Hall–Kier alpha value is -2.45. The Morgan fingerprint density at radius 2 is 2.07 bits per heavy atom. The minimum absolute atomic E-state index is 0.0689. The maximum atomic E-state index is 13.0. The molecule has 2 aromatic heterocycles. The molecule has 0 spiro atoms. The molecule has 0 bridgehead atoms. The van der Waals surface area contributed by atoms with Crippen molar-refractivity contribution in [3.05, 3.63) is 35.8 Å². The van der Waals surface area contributed by atoms with Gasteiger partial charge in [-0.3, -0.25) is 14.5 Å². The van der Waals surface area contributed by atoms with E-state index in [0.29, 0.717) is 30.9 Å². The van der Waals surface area contributed by atoms with Crippen molar-refractivity contribution in [2.75, 3.05) is 26.7 Å². The van der Waals surface area contributed by atoms with E-state index < -0.39 is 12.1 Å². The monoisotopic (exact) mass is 372 g/mol. The molecule has 0 unspecified atom stereocenters. The van der Waals surface area contributed by atoms with E-state index >= 15 is 0 Å². The van der Waals surface area contributed by atoms with Gasteiger partial charge in [0.15, 0.2) is 5.69 Å². The Morgan fingerprint density at radius 1 is 1.30 bits per heavy atom. The van der Waals surface area contributed by atoms with Crippen LogP contribution in [0.1, 0.15) is 35.4 Å². The van der Waals surface area contributed by atoms with Crippen molar-refractivity contribution in [3.8, 4) is 0 Å². The number of pyridine rings is 1. The first-order valence-corrected chi connectivity index (χ1v) is 9.33. The van der Waals surface area contributed by atoms with Gasteiger partial charge in [-0.1, -0.05) is 6.07 Å². The lowest BCUT2D eigenvalue weighted by molar-refractivity contribution is -0.146. The molecule has 1 N–H and O–H groups in total. The number of aliphatic hydroxyl groups is 1. The second-order valence-corrected chi connectivity index (χ2v) is 7.19. The van der Waals surface area contributed by atoms with Gasteiger partial charge in [0.05, 0.1) is 18.9 Å². The number of β-amino-alcohol motifs (C(OH)–C–C–N with tert-alkyl or cyclic N) is 1. The standard InChI is InChI=1S/C19H24N4O4/c1-27-19(26)14-10-13(24)11-22(14)12-15-17(18(25)21-7-4-5-8-21)20-16-6-2-3-9-23(15)16/h2-3,6,9,13-14,24H,4-5,7-8,10-12H2,1H3/t13-,14+/m1/s1. The van der Waals surface area contributed by atoms with Crippen LogP contribution in [0.5, 0.6) is 0 Å². The van der Waals surface area contributed by atoms with Gasteiger partial charge in [0, 0.05) is 38.8 Å². The Labute approximate surface area is 157 Å². The highest BCUT2D eigenvalue weighted by Gasteiger charge is 2.38. The van der Waals surface area contributed by atoms with Crippen LogP contribution in [0.4, 0.5) is 0 Å². The van der Waals surface area contributed by atoms with E-state index in [9.17, 15) is 14.7 Å². The average molecular weight is 372 g/mol. The number of nitrogens with zero attached hydrogens (tertiary/aromatic N) is 4. The zero-order valence-electron chi connectivity index (χ0n) is 15.4. The zero-order chi connectivity index (χ0) is 19.0. The fourth-order valence-electron chi connectivity index (χ4n) is 4.07. The smallest absolute Gasteiger partial charge is 0.323 e. The maximum Gasteiger partial charge on any atom is 0.323 e. The molecular formula is C19H24N4O4. The van der Waals surface area contributed by atoms with E-state index in [2.05, 4.69) is 4.98 Å². The SMILES string of the molecule is COC(=O)[C@@H]1C[C@@H](O)CN1Cc1c(C(=O)N2CCCC2)nc2ccccn12. The highest BCUT2D eigenvalue weighted by atomic mass is 16.5. The van der Waals surface area contributed by atoms with Crippen molar-refractivity contribution in [2.24, 2.45) is 0 Å². The molecule has 2 atom stereocenters. The fourth-order valence-corrected chi connectivity index (χ4v) is 4.07. The molecule has 8 nitrogen and oxygen atoms in total. The summed E-state index contributed by atoms with van der Waals surface area (Å²) in [6.45, 7) is 2.20. The van der Waals surface area contributed by atoms with Crippen LogP contribution in [0.25, 0.3) is 5.65 Å². The summed E-state index contributed by atoms with van der Waals surface area (Å²) in [5.41, 5.74) is 1.86. The van der Waals surface area contributed by atoms with Gasteiger partial charge in [0.25, 0.3) is 5.91 Å². The predicted octanol–water partition coefficient (Wildman–Crippen LogP) is 0.678. The fraction of sp³-hybridized carbons (Fsp3) is 0.526. The van der Waals surface area contributed by atoms with E-state index in [0.717, 1.165) is 31.6 Å². The van der Waals surface area contributed by atoms with Crippen LogP contribution in [0.2, 0.25) is 0 Å². The summed E-state index contributed by atoms with van der Waals surface area (Å²) >= 11 is 0.